The number of carbonyl (C=O) groups excluding carboxylic acids is 2. The van der Waals surface area contributed by atoms with Gasteiger partial charge in [0.15, 0.2) is 0 Å². The maximum Gasteiger partial charge on any atom is 0.223 e. The molecule has 1 N–H and O–H groups in total. The number of amides is 1. The first kappa shape index (κ1) is 19.9. The molecule has 0 heterocycles. The van der Waals surface area contributed by atoms with Crippen LogP contribution >= 0.6 is 15.9 Å². The maximum absolute atomic E-state index is 12.9. The third-order valence-electron chi connectivity index (χ3n) is 7.56. The van der Waals surface area contributed by atoms with Crippen LogP contribution in [0.15, 0.2) is 18.2 Å². The van der Waals surface area contributed by atoms with Crippen LogP contribution in [0.4, 0.5) is 0 Å². The second-order valence-corrected chi connectivity index (χ2v) is 9.68. The predicted molar refractivity (Wildman–Crippen MR) is 113 cm³/mol. The van der Waals surface area contributed by atoms with Crippen molar-refractivity contribution in [3.63, 3.8) is 0 Å². The first-order valence-corrected chi connectivity index (χ1v) is 11.7. The molecule has 0 bridgehead atoms. The second kappa shape index (κ2) is 7.81. The van der Waals surface area contributed by atoms with Gasteiger partial charge in [0.05, 0.1) is 6.61 Å². The van der Waals surface area contributed by atoms with Gasteiger partial charge in [0.2, 0.25) is 5.91 Å². The summed E-state index contributed by atoms with van der Waals surface area (Å²) >= 11 is 3.44. The van der Waals surface area contributed by atoms with Crippen LogP contribution in [0.25, 0.3) is 0 Å². The molecular weight excluding hydrogens is 418 g/mol. The minimum absolute atomic E-state index is 0.0454. The highest BCUT2D eigenvalue weighted by molar-refractivity contribution is 9.09. The topological polar surface area (TPSA) is 55.4 Å². The number of alkyl halides is 1. The van der Waals surface area contributed by atoms with E-state index in [0.29, 0.717) is 24.0 Å². The van der Waals surface area contributed by atoms with Crippen molar-refractivity contribution in [1.29, 1.82) is 0 Å². The summed E-state index contributed by atoms with van der Waals surface area (Å²) in [5.74, 6) is 2.18. The van der Waals surface area contributed by atoms with E-state index in [2.05, 4.69) is 46.4 Å². The van der Waals surface area contributed by atoms with Crippen molar-refractivity contribution in [2.75, 3.05) is 19.0 Å². The van der Waals surface area contributed by atoms with Gasteiger partial charge in [-0.25, -0.2) is 0 Å². The van der Waals surface area contributed by atoms with Crippen molar-refractivity contribution in [3.05, 3.63) is 29.3 Å². The van der Waals surface area contributed by atoms with Gasteiger partial charge in [0.1, 0.15) is 11.5 Å². The van der Waals surface area contributed by atoms with Gasteiger partial charge >= 0.3 is 0 Å². The minimum atomic E-state index is -0.325. The third-order valence-corrected chi connectivity index (χ3v) is 8.12. The largest absolute Gasteiger partial charge is 0.494 e. The van der Waals surface area contributed by atoms with E-state index in [1.165, 1.54) is 11.1 Å². The van der Waals surface area contributed by atoms with Crippen molar-refractivity contribution < 1.29 is 14.3 Å². The molecule has 4 nitrogen and oxygen atoms in total. The van der Waals surface area contributed by atoms with E-state index in [1.54, 1.807) is 7.05 Å². The molecule has 28 heavy (non-hydrogen) atoms. The summed E-state index contributed by atoms with van der Waals surface area (Å²) in [5.41, 5.74) is 2.48. The molecule has 3 aliphatic rings. The molecule has 5 heteroatoms. The maximum atomic E-state index is 12.9. The van der Waals surface area contributed by atoms with Gasteiger partial charge in [-0.3, -0.25) is 9.59 Å². The Kier molecular flexibility index (Phi) is 5.56. The molecular formula is C23H30BrNO3. The molecule has 5 atom stereocenters. The zero-order chi connectivity index (χ0) is 19.9. The van der Waals surface area contributed by atoms with Crippen LogP contribution in [0.2, 0.25) is 0 Å². The van der Waals surface area contributed by atoms with E-state index in [4.69, 9.17) is 4.74 Å². The first-order valence-electron chi connectivity index (χ1n) is 10.6. The summed E-state index contributed by atoms with van der Waals surface area (Å²) in [5, 5.41) is 3.76. The summed E-state index contributed by atoms with van der Waals surface area (Å²) in [6.45, 7) is 2.85. The van der Waals surface area contributed by atoms with Crippen LogP contribution in [0.1, 0.15) is 56.1 Å². The van der Waals surface area contributed by atoms with Gasteiger partial charge in [-0.15, -0.1) is 0 Å². The fraction of sp³-hybridized carbons (Fsp3) is 0.652. The molecule has 4 rings (SSSR count). The normalized spacial score (nSPS) is 33.6. The molecule has 3 aliphatic carbocycles. The standard InChI is InChI=1S/C23H30BrNO3/c1-23-9-8-17-16-7-5-15(28-11-3-10-24)12-14(16)4-6-18(17)21(23)19(13-20(23)26)22(27)25-2/h5,7,12,17-19,21H,3-4,6,8-11,13H2,1-2H3,(H,25,27)/t17-,18-,19+,21-,23-/m1/s1. The smallest absolute Gasteiger partial charge is 0.223 e. The number of ether oxygens (including phenoxy) is 1. The molecule has 1 aromatic rings. The number of ketones is 1. The molecule has 0 radical (unpaired) electrons. The van der Waals surface area contributed by atoms with E-state index in [1.807, 2.05) is 0 Å². The quantitative estimate of drug-likeness (QED) is 0.542. The number of carbonyl (C=O) groups is 2. The molecule has 0 spiro atoms. The molecule has 1 amide bonds. The van der Waals surface area contributed by atoms with Crippen LogP contribution in [0.3, 0.4) is 0 Å². The Balaban J connectivity index is 1.61. The highest BCUT2D eigenvalue weighted by atomic mass is 79.9. The molecule has 2 fully saturated rings. The number of rotatable bonds is 5. The summed E-state index contributed by atoms with van der Waals surface area (Å²) in [6, 6.07) is 6.55. The van der Waals surface area contributed by atoms with Gasteiger partial charge < -0.3 is 10.1 Å². The van der Waals surface area contributed by atoms with Crippen LogP contribution < -0.4 is 10.1 Å². The van der Waals surface area contributed by atoms with Crippen molar-refractivity contribution in [2.45, 2.75) is 51.4 Å². The number of fused-ring (bicyclic) bond motifs is 5. The Morgan fingerprint density at radius 2 is 2.18 bits per heavy atom. The summed E-state index contributed by atoms with van der Waals surface area (Å²) in [4.78, 5) is 25.4. The lowest BCUT2D eigenvalue weighted by Gasteiger charge is -2.49. The predicted octanol–water partition coefficient (Wildman–Crippen LogP) is 4.25. The number of halogens is 1. The molecule has 1 aromatic carbocycles. The zero-order valence-electron chi connectivity index (χ0n) is 16.8. The number of hydrogen-bond acceptors (Lipinski definition) is 3. The number of Topliss-reactive ketones (excluding diaryl/α,β-unsaturated/α-hetero) is 1. The lowest BCUT2D eigenvalue weighted by Crippen LogP contribution is -2.46. The van der Waals surface area contributed by atoms with Gasteiger partial charge in [0, 0.05) is 30.1 Å². The number of aryl methyl sites for hydroxylation is 1. The van der Waals surface area contributed by atoms with Gasteiger partial charge in [0.25, 0.3) is 0 Å². The molecule has 0 unspecified atom stereocenters. The van der Waals surface area contributed by atoms with Crippen LogP contribution in [0.5, 0.6) is 5.75 Å². The fourth-order valence-corrected chi connectivity index (χ4v) is 6.44. The Hall–Kier alpha value is -1.36. The van der Waals surface area contributed by atoms with Gasteiger partial charge in [-0.1, -0.05) is 28.9 Å². The second-order valence-electron chi connectivity index (χ2n) is 8.89. The van der Waals surface area contributed by atoms with E-state index >= 15 is 0 Å². The highest BCUT2D eigenvalue weighted by Crippen LogP contribution is 2.61. The minimum Gasteiger partial charge on any atom is -0.494 e. The summed E-state index contributed by atoms with van der Waals surface area (Å²) in [6.07, 6.45) is 5.42. The van der Waals surface area contributed by atoms with E-state index in [0.717, 1.165) is 49.8 Å². The molecule has 2 saturated carbocycles. The van der Waals surface area contributed by atoms with Crippen molar-refractivity contribution in [1.82, 2.24) is 5.32 Å². The first-order chi connectivity index (χ1) is 13.5. The summed E-state index contributed by atoms with van der Waals surface area (Å²) < 4.78 is 5.88. The van der Waals surface area contributed by atoms with Crippen LogP contribution in [-0.2, 0) is 16.0 Å². The molecule has 0 aromatic heterocycles. The van der Waals surface area contributed by atoms with E-state index < -0.39 is 0 Å². The SMILES string of the molecule is CNC(=O)[C@H]1CC(=O)[C@@]2(C)CC[C@@H]3c4ccc(OCCCBr)cc4CC[C@H]3[C@H]12. The molecule has 152 valence electrons. The summed E-state index contributed by atoms with van der Waals surface area (Å²) in [7, 11) is 1.69. The van der Waals surface area contributed by atoms with Gasteiger partial charge in [-0.05, 0) is 73.1 Å². The van der Waals surface area contributed by atoms with Crippen molar-refractivity contribution in [2.24, 2.45) is 23.2 Å². The van der Waals surface area contributed by atoms with Crippen molar-refractivity contribution in [3.8, 4) is 5.75 Å². The Bertz CT molecular complexity index is 779. The lowest BCUT2D eigenvalue weighted by atomic mass is 9.54. The van der Waals surface area contributed by atoms with E-state index in [-0.39, 0.29) is 23.2 Å². The number of nitrogens with one attached hydrogen (secondary N) is 1. The average molecular weight is 448 g/mol. The number of hydrogen-bond donors (Lipinski definition) is 1. The average Bonchev–Trinajstić information content (AvgIpc) is 2.98. The van der Waals surface area contributed by atoms with E-state index in [9.17, 15) is 9.59 Å². The number of benzene rings is 1. The Morgan fingerprint density at radius 1 is 1.36 bits per heavy atom. The molecule has 0 aliphatic heterocycles. The van der Waals surface area contributed by atoms with Crippen LogP contribution in [-0.4, -0.2) is 30.7 Å². The fourth-order valence-electron chi connectivity index (χ4n) is 6.21. The zero-order valence-corrected chi connectivity index (χ0v) is 18.4. The molecule has 0 saturated heterocycles. The Morgan fingerprint density at radius 3 is 2.93 bits per heavy atom. The lowest BCUT2D eigenvalue weighted by molar-refractivity contribution is -0.130. The monoisotopic (exact) mass is 447 g/mol. The highest BCUT2D eigenvalue weighted by Gasteiger charge is 2.60. The van der Waals surface area contributed by atoms with Crippen LogP contribution in [0, 0.1) is 23.2 Å². The third kappa shape index (κ3) is 3.20. The van der Waals surface area contributed by atoms with Crippen molar-refractivity contribution >= 4 is 27.6 Å². The Labute approximate surface area is 175 Å². The van der Waals surface area contributed by atoms with Gasteiger partial charge in [-0.2, -0.15) is 0 Å².